The molecule has 0 fully saturated rings. The molecule has 0 unspecified atom stereocenters. The third kappa shape index (κ3) is 4.26. The summed E-state index contributed by atoms with van der Waals surface area (Å²) in [5, 5.41) is 7.44. The highest BCUT2D eigenvalue weighted by Crippen LogP contribution is 2.25. The number of nitrogens with one attached hydrogen (secondary N) is 1. The van der Waals surface area contributed by atoms with E-state index in [0.717, 1.165) is 40.5 Å². The molecule has 4 rings (SSSR count). The van der Waals surface area contributed by atoms with E-state index in [2.05, 4.69) is 27.5 Å². The Kier molecular flexibility index (Phi) is 5.51. The summed E-state index contributed by atoms with van der Waals surface area (Å²) in [5.41, 5.74) is 7.73. The van der Waals surface area contributed by atoms with Crippen molar-refractivity contribution in [3.8, 4) is 5.75 Å². The fourth-order valence-electron chi connectivity index (χ4n) is 4.13. The van der Waals surface area contributed by atoms with Crippen molar-refractivity contribution in [2.45, 2.75) is 52.9 Å². The van der Waals surface area contributed by atoms with Crippen LogP contribution in [-0.4, -0.2) is 33.7 Å². The molecule has 1 aliphatic rings. The molecule has 1 aromatic carbocycles. The van der Waals surface area contributed by atoms with Crippen LogP contribution in [0, 0.1) is 20.8 Å². The van der Waals surface area contributed by atoms with Crippen molar-refractivity contribution in [2.75, 3.05) is 13.2 Å². The molecule has 2 heterocycles. The summed E-state index contributed by atoms with van der Waals surface area (Å²) in [7, 11) is 0. The number of hydrogen-bond acceptors (Lipinski definition) is 4. The topological polar surface area (TPSA) is 68.5 Å². The number of benzene rings is 1. The molecule has 2 aromatic heterocycles. The Hall–Kier alpha value is -2.89. The van der Waals surface area contributed by atoms with E-state index in [1.165, 1.54) is 24.0 Å². The van der Waals surface area contributed by atoms with Crippen molar-refractivity contribution in [1.82, 2.24) is 19.9 Å². The molecule has 6 heteroatoms. The number of fused-ring (bicyclic) bond motifs is 2. The SMILES string of the molecule is Cc1cc2nc(C)c(CCC(=O)NCCOc3ccc4c(c3)CCC4)c(C)n2n1. The summed E-state index contributed by atoms with van der Waals surface area (Å²) >= 11 is 0. The van der Waals surface area contributed by atoms with Gasteiger partial charge in [0.05, 0.1) is 12.2 Å². The van der Waals surface area contributed by atoms with Crippen LogP contribution in [0.2, 0.25) is 0 Å². The van der Waals surface area contributed by atoms with Crippen molar-refractivity contribution >= 4 is 11.6 Å². The number of amides is 1. The minimum atomic E-state index is 0.0260. The molecule has 0 bridgehead atoms. The van der Waals surface area contributed by atoms with Crippen LogP contribution in [0.4, 0.5) is 0 Å². The standard InChI is InChI=1S/C23H28N4O2/c1-15-13-22-25-16(2)21(17(3)27(22)26-15)9-10-23(28)24-11-12-29-20-8-7-18-5-4-6-19(18)14-20/h7-8,13-14H,4-6,9-12H2,1-3H3,(H,24,28). The van der Waals surface area contributed by atoms with Gasteiger partial charge in [-0.3, -0.25) is 4.79 Å². The Balaban J connectivity index is 1.26. The molecule has 1 N–H and O–H groups in total. The number of hydrogen-bond donors (Lipinski definition) is 1. The molecule has 152 valence electrons. The number of ether oxygens (including phenoxy) is 1. The first-order valence-electron chi connectivity index (χ1n) is 10.3. The average molecular weight is 393 g/mol. The Morgan fingerprint density at radius 2 is 2.00 bits per heavy atom. The molecule has 0 saturated heterocycles. The van der Waals surface area contributed by atoms with Crippen LogP contribution < -0.4 is 10.1 Å². The van der Waals surface area contributed by atoms with Crippen molar-refractivity contribution in [3.05, 3.63) is 58.0 Å². The Morgan fingerprint density at radius 3 is 2.86 bits per heavy atom. The quantitative estimate of drug-likeness (QED) is 0.627. The van der Waals surface area contributed by atoms with Gasteiger partial charge in [0, 0.05) is 23.9 Å². The highest BCUT2D eigenvalue weighted by molar-refractivity contribution is 5.76. The summed E-state index contributed by atoms with van der Waals surface area (Å²) in [6, 6.07) is 8.29. The normalized spacial score (nSPS) is 12.9. The van der Waals surface area contributed by atoms with Gasteiger partial charge in [0.25, 0.3) is 0 Å². The van der Waals surface area contributed by atoms with Crippen LogP contribution in [0.15, 0.2) is 24.3 Å². The number of aryl methyl sites for hydroxylation is 5. The number of rotatable bonds is 7. The number of aromatic nitrogens is 3. The minimum Gasteiger partial charge on any atom is -0.492 e. The highest BCUT2D eigenvalue weighted by atomic mass is 16.5. The molecule has 1 amide bonds. The fraction of sp³-hybridized carbons (Fsp3) is 0.435. The van der Waals surface area contributed by atoms with E-state index in [1.807, 2.05) is 37.4 Å². The molecule has 0 atom stereocenters. The summed E-state index contributed by atoms with van der Waals surface area (Å²) < 4.78 is 7.66. The Bertz CT molecular complexity index is 1050. The predicted molar refractivity (Wildman–Crippen MR) is 112 cm³/mol. The van der Waals surface area contributed by atoms with Gasteiger partial charge in [-0.25, -0.2) is 9.50 Å². The molecule has 6 nitrogen and oxygen atoms in total. The first kappa shape index (κ1) is 19.4. The van der Waals surface area contributed by atoms with E-state index in [0.29, 0.717) is 26.0 Å². The van der Waals surface area contributed by atoms with Gasteiger partial charge in [0.1, 0.15) is 12.4 Å². The largest absolute Gasteiger partial charge is 0.492 e. The van der Waals surface area contributed by atoms with Gasteiger partial charge < -0.3 is 10.1 Å². The molecule has 1 aliphatic carbocycles. The van der Waals surface area contributed by atoms with Gasteiger partial charge in [0.2, 0.25) is 5.91 Å². The second-order valence-corrected chi connectivity index (χ2v) is 7.80. The highest BCUT2D eigenvalue weighted by Gasteiger charge is 2.13. The monoisotopic (exact) mass is 392 g/mol. The zero-order valence-electron chi connectivity index (χ0n) is 17.4. The lowest BCUT2D eigenvalue weighted by atomic mass is 10.1. The molecular formula is C23H28N4O2. The lowest BCUT2D eigenvalue weighted by Gasteiger charge is -2.12. The predicted octanol–water partition coefficient (Wildman–Crippen LogP) is 3.27. The van der Waals surface area contributed by atoms with Crippen LogP contribution in [0.1, 0.15) is 46.6 Å². The van der Waals surface area contributed by atoms with Crippen LogP contribution in [-0.2, 0) is 24.1 Å². The Labute approximate surface area is 171 Å². The van der Waals surface area contributed by atoms with Crippen LogP contribution in [0.5, 0.6) is 5.75 Å². The van der Waals surface area contributed by atoms with E-state index < -0.39 is 0 Å². The van der Waals surface area contributed by atoms with E-state index in [-0.39, 0.29) is 5.91 Å². The molecule has 0 spiro atoms. The summed E-state index contributed by atoms with van der Waals surface area (Å²) in [6.07, 6.45) is 4.62. The molecule has 0 radical (unpaired) electrons. The van der Waals surface area contributed by atoms with Crippen molar-refractivity contribution < 1.29 is 9.53 Å². The van der Waals surface area contributed by atoms with Crippen molar-refractivity contribution in [3.63, 3.8) is 0 Å². The van der Waals surface area contributed by atoms with Gasteiger partial charge in [-0.2, -0.15) is 5.10 Å². The first-order chi connectivity index (χ1) is 14.0. The maximum absolute atomic E-state index is 12.3. The maximum atomic E-state index is 12.3. The second kappa shape index (κ2) is 8.23. The zero-order valence-corrected chi connectivity index (χ0v) is 17.4. The van der Waals surface area contributed by atoms with Crippen LogP contribution in [0.25, 0.3) is 5.65 Å². The van der Waals surface area contributed by atoms with Crippen LogP contribution >= 0.6 is 0 Å². The lowest BCUT2D eigenvalue weighted by molar-refractivity contribution is -0.121. The zero-order chi connectivity index (χ0) is 20.4. The number of carbonyl (C=O) groups is 1. The summed E-state index contributed by atoms with van der Waals surface area (Å²) in [6.45, 7) is 6.96. The van der Waals surface area contributed by atoms with Gasteiger partial charge in [-0.05, 0) is 75.3 Å². The van der Waals surface area contributed by atoms with E-state index >= 15 is 0 Å². The lowest BCUT2D eigenvalue weighted by Crippen LogP contribution is -2.28. The van der Waals surface area contributed by atoms with Gasteiger partial charge in [-0.1, -0.05) is 6.07 Å². The van der Waals surface area contributed by atoms with E-state index in [9.17, 15) is 4.79 Å². The number of carbonyl (C=O) groups excluding carboxylic acids is 1. The summed E-state index contributed by atoms with van der Waals surface area (Å²) in [5.74, 6) is 0.915. The van der Waals surface area contributed by atoms with Crippen LogP contribution in [0.3, 0.4) is 0 Å². The summed E-state index contributed by atoms with van der Waals surface area (Å²) in [4.78, 5) is 16.9. The average Bonchev–Trinajstić information content (AvgIpc) is 3.30. The molecular weight excluding hydrogens is 364 g/mol. The molecule has 3 aromatic rings. The molecule has 29 heavy (non-hydrogen) atoms. The van der Waals surface area contributed by atoms with E-state index in [4.69, 9.17) is 4.74 Å². The fourth-order valence-corrected chi connectivity index (χ4v) is 4.13. The van der Waals surface area contributed by atoms with Crippen molar-refractivity contribution in [1.29, 1.82) is 0 Å². The van der Waals surface area contributed by atoms with Gasteiger partial charge in [0.15, 0.2) is 5.65 Å². The molecule has 0 saturated carbocycles. The first-order valence-corrected chi connectivity index (χ1v) is 10.3. The van der Waals surface area contributed by atoms with E-state index in [1.54, 1.807) is 0 Å². The maximum Gasteiger partial charge on any atom is 0.220 e. The van der Waals surface area contributed by atoms with Crippen molar-refractivity contribution in [2.24, 2.45) is 0 Å². The second-order valence-electron chi connectivity index (χ2n) is 7.80. The minimum absolute atomic E-state index is 0.0260. The van der Waals surface area contributed by atoms with Gasteiger partial charge in [-0.15, -0.1) is 0 Å². The van der Waals surface area contributed by atoms with Gasteiger partial charge >= 0.3 is 0 Å². The molecule has 0 aliphatic heterocycles. The Morgan fingerprint density at radius 1 is 1.17 bits per heavy atom. The third-order valence-electron chi connectivity index (χ3n) is 5.65. The third-order valence-corrected chi connectivity index (χ3v) is 5.65. The smallest absolute Gasteiger partial charge is 0.220 e. The number of nitrogens with zero attached hydrogens (tertiary/aromatic N) is 3.